The highest BCUT2D eigenvalue weighted by atomic mass is 127. The van der Waals surface area contributed by atoms with Crippen LogP contribution in [0.5, 0.6) is 0 Å². The quantitative estimate of drug-likeness (QED) is 0.403. The molecule has 1 atom stereocenters. The first-order valence-electron chi connectivity index (χ1n) is 5.43. The van der Waals surface area contributed by atoms with E-state index in [-0.39, 0.29) is 9.83 Å². The number of benzene rings is 1. The van der Waals surface area contributed by atoms with E-state index in [1.165, 1.54) is 18.3 Å². The third-order valence-corrected chi connectivity index (χ3v) is 6.67. The molecular weight excluding hydrogens is 555 g/mol. The minimum atomic E-state index is 0.0592. The highest BCUT2D eigenvalue weighted by molar-refractivity contribution is 14.1. The molecule has 1 aromatic carbocycles. The van der Waals surface area contributed by atoms with Crippen LogP contribution in [0, 0.1) is 7.14 Å². The van der Waals surface area contributed by atoms with Crippen LogP contribution in [-0.4, -0.2) is 21.3 Å². The summed E-state index contributed by atoms with van der Waals surface area (Å²) in [7, 11) is 0. The first-order chi connectivity index (χ1) is 8.02. The number of rotatable bonds is 2. The van der Waals surface area contributed by atoms with E-state index >= 15 is 0 Å². The lowest BCUT2D eigenvalue weighted by atomic mass is 9.95. The molecule has 0 unspecified atom stereocenters. The van der Waals surface area contributed by atoms with E-state index in [1.807, 2.05) is 22.6 Å². The third-order valence-electron chi connectivity index (χ3n) is 3.14. The molecule has 0 saturated carbocycles. The number of carbonyl (C=O) groups excluding carboxylic acids is 1. The molecule has 1 aliphatic rings. The van der Waals surface area contributed by atoms with E-state index in [0.717, 1.165) is 19.5 Å². The fraction of sp³-hybridized carbons (Fsp3) is 0.417. The fourth-order valence-corrected chi connectivity index (χ4v) is 3.87. The molecule has 0 aromatic heterocycles. The Hall–Kier alpha value is 1.04. The summed E-state index contributed by atoms with van der Waals surface area (Å²) in [5, 5.41) is 0. The molecule has 1 aliphatic heterocycles. The van der Waals surface area contributed by atoms with Gasteiger partial charge in [0.05, 0.1) is 6.04 Å². The van der Waals surface area contributed by atoms with Crippen LogP contribution < -0.4 is 0 Å². The molecule has 5 heteroatoms. The zero-order chi connectivity index (χ0) is 12.6. The lowest BCUT2D eigenvalue weighted by Gasteiger charge is -2.34. The largest absolute Gasteiger partial charge is 0.289 e. The zero-order valence-corrected chi connectivity index (χ0v) is 15.8. The van der Waals surface area contributed by atoms with Crippen molar-refractivity contribution in [1.82, 2.24) is 4.90 Å². The van der Waals surface area contributed by atoms with E-state index in [1.54, 1.807) is 0 Å². The van der Waals surface area contributed by atoms with Gasteiger partial charge >= 0.3 is 0 Å². The Bertz CT molecular complexity index is 461. The van der Waals surface area contributed by atoms with Gasteiger partial charge in [0.15, 0.2) is 0 Å². The van der Waals surface area contributed by atoms with Crippen molar-refractivity contribution in [3.8, 4) is 0 Å². The smallest absolute Gasteiger partial charge is 0.209 e. The molecular formula is C12H12I3NO. The van der Waals surface area contributed by atoms with Crippen LogP contribution in [0.3, 0.4) is 0 Å². The summed E-state index contributed by atoms with van der Waals surface area (Å²) in [6.07, 6.45) is 0.859. The van der Waals surface area contributed by atoms with Crippen molar-refractivity contribution in [2.45, 2.75) is 25.9 Å². The van der Waals surface area contributed by atoms with Gasteiger partial charge in [0, 0.05) is 36.3 Å². The van der Waals surface area contributed by atoms with Crippen molar-refractivity contribution < 1.29 is 4.79 Å². The number of carbonyl (C=O) groups is 1. The molecule has 0 N–H and O–H groups in total. The Kier molecular flexibility index (Phi) is 5.10. The predicted molar refractivity (Wildman–Crippen MR) is 94.5 cm³/mol. The zero-order valence-electron chi connectivity index (χ0n) is 9.34. The standard InChI is InChI=1S/C12H12I3NO/c1-2-16-6-8-4-10(14)9(13)3-7(8)5-11(16)12(15)17/h3-4,11H,2,5-6H2,1H3/t11-/m0/s1. The molecule has 0 radical (unpaired) electrons. The van der Waals surface area contributed by atoms with E-state index in [0.29, 0.717) is 0 Å². The average molecular weight is 567 g/mol. The number of nitrogens with zero attached hydrogens (tertiary/aromatic N) is 1. The number of hydrogen-bond acceptors (Lipinski definition) is 2. The van der Waals surface area contributed by atoms with Crippen LogP contribution >= 0.6 is 67.8 Å². The van der Waals surface area contributed by atoms with Crippen LogP contribution in [0.1, 0.15) is 18.1 Å². The fourth-order valence-electron chi connectivity index (χ4n) is 2.19. The highest BCUT2D eigenvalue weighted by Gasteiger charge is 2.29. The van der Waals surface area contributed by atoms with Crippen molar-refractivity contribution in [2.24, 2.45) is 0 Å². The van der Waals surface area contributed by atoms with Gasteiger partial charge in [-0.2, -0.15) is 0 Å². The van der Waals surface area contributed by atoms with Gasteiger partial charge in [0.25, 0.3) is 0 Å². The Balaban J connectivity index is 2.39. The molecule has 1 aromatic rings. The van der Waals surface area contributed by atoms with Crippen molar-refractivity contribution in [3.05, 3.63) is 30.4 Å². The summed E-state index contributed by atoms with van der Waals surface area (Å²) >= 11 is 6.67. The molecule has 0 aliphatic carbocycles. The Morgan fingerprint density at radius 1 is 1.35 bits per heavy atom. The van der Waals surface area contributed by atoms with E-state index < -0.39 is 0 Å². The molecule has 0 saturated heterocycles. The van der Waals surface area contributed by atoms with E-state index in [2.05, 4.69) is 69.1 Å². The summed E-state index contributed by atoms with van der Waals surface area (Å²) in [5.41, 5.74) is 2.72. The molecule has 92 valence electrons. The van der Waals surface area contributed by atoms with Crippen molar-refractivity contribution in [3.63, 3.8) is 0 Å². The average Bonchev–Trinajstić information content (AvgIpc) is 2.29. The highest BCUT2D eigenvalue weighted by Crippen LogP contribution is 2.29. The molecule has 0 spiro atoms. The van der Waals surface area contributed by atoms with Crippen molar-refractivity contribution >= 4 is 71.6 Å². The number of likely N-dealkylation sites (N-methyl/N-ethyl adjacent to an activating group) is 1. The molecule has 1 heterocycles. The lowest BCUT2D eigenvalue weighted by Crippen LogP contribution is -2.43. The topological polar surface area (TPSA) is 20.3 Å². The number of hydrogen-bond donors (Lipinski definition) is 0. The molecule has 2 rings (SSSR count). The van der Waals surface area contributed by atoms with Crippen molar-refractivity contribution in [2.75, 3.05) is 6.54 Å². The summed E-state index contributed by atoms with van der Waals surface area (Å²) < 4.78 is 2.84. The SMILES string of the molecule is CCN1Cc2cc(I)c(I)cc2C[C@H]1C(=O)I. The van der Waals surface area contributed by atoms with Gasteiger partial charge in [0.2, 0.25) is 3.79 Å². The molecule has 0 bridgehead atoms. The normalized spacial score (nSPS) is 20.1. The predicted octanol–water partition coefficient (Wildman–Crippen LogP) is 3.60. The number of fused-ring (bicyclic) bond motifs is 1. The van der Waals surface area contributed by atoms with Gasteiger partial charge in [-0.1, -0.05) is 6.92 Å². The second-order valence-electron chi connectivity index (χ2n) is 4.12. The Labute approximate surface area is 142 Å². The maximum atomic E-state index is 11.7. The third kappa shape index (κ3) is 3.14. The first kappa shape index (κ1) is 14.4. The number of halogens is 3. The van der Waals surface area contributed by atoms with Gasteiger partial charge in [-0.15, -0.1) is 0 Å². The molecule has 0 amide bonds. The second kappa shape index (κ2) is 6.00. The van der Waals surface area contributed by atoms with Crippen LogP contribution in [0.15, 0.2) is 12.1 Å². The summed E-state index contributed by atoms with van der Waals surface area (Å²) in [6.45, 7) is 3.95. The minimum absolute atomic E-state index is 0.0592. The van der Waals surface area contributed by atoms with Gasteiger partial charge in [0.1, 0.15) is 0 Å². The monoisotopic (exact) mass is 567 g/mol. The van der Waals surface area contributed by atoms with Crippen LogP contribution in [0.25, 0.3) is 0 Å². The van der Waals surface area contributed by atoms with Crippen LogP contribution in [-0.2, 0) is 17.8 Å². The van der Waals surface area contributed by atoms with Crippen molar-refractivity contribution in [1.29, 1.82) is 0 Å². The van der Waals surface area contributed by atoms with E-state index in [9.17, 15) is 4.79 Å². The molecule has 17 heavy (non-hydrogen) atoms. The van der Waals surface area contributed by atoms with Gasteiger partial charge < -0.3 is 0 Å². The minimum Gasteiger partial charge on any atom is -0.289 e. The molecule has 0 fully saturated rings. The molecule has 2 nitrogen and oxygen atoms in total. The maximum Gasteiger partial charge on any atom is 0.209 e. The lowest BCUT2D eigenvalue weighted by molar-refractivity contribution is -0.114. The first-order valence-corrected chi connectivity index (χ1v) is 8.66. The second-order valence-corrected chi connectivity index (χ2v) is 7.51. The van der Waals surface area contributed by atoms with Crippen LogP contribution in [0.4, 0.5) is 0 Å². The van der Waals surface area contributed by atoms with Gasteiger partial charge in [-0.3, -0.25) is 9.69 Å². The van der Waals surface area contributed by atoms with Crippen LogP contribution in [0.2, 0.25) is 0 Å². The maximum absolute atomic E-state index is 11.7. The van der Waals surface area contributed by atoms with Gasteiger partial charge in [-0.25, -0.2) is 0 Å². The summed E-state index contributed by atoms with van der Waals surface area (Å²) in [5.74, 6) is 0. The summed E-state index contributed by atoms with van der Waals surface area (Å²) in [4.78, 5) is 13.9. The van der Waals surface area contributed by atoms with Gasteiger partial charge in [-0.05, 0) is 81.4 Å². The van der Waals surface area contributed by atoms with E-state index in [4.69, 9.17) is 0 Å². The Morgan fingerprint density at radius 2 is 1.94 bits per heavy atom. The summed E-state index contributed by atoms with van der Waals surface area (Å²) in [6, 6.07) is 4.55. The Morgan fingerprint density at radius 3 is 2.47 bits per heavy atom.